The zero-order chi connectivity index (χ0) is 21.0. The van der Waals surface area contributed by atoms with E-state index in [4.69, 9.17) is 14.2 Å². The second kappa shape index (κ2) is 8.80. The van der Waals surface area contributed by atoms with E-state index < -0.39 is 23.9 Å². The van der Waals surface area contributed by atoms with Crippen LogP contribution in [0.5, 0.6) is 11.5 Å². The molecule has 2 aromatic rings. The molecular weight excluding hydrogens is 378 g/mol. The van der Waals surface area contributed by atoms with Crippen LogP contribution in [0.2, 0.25) is 0 Å². The van der Waals surface area contributed by atoms with Gasteiger partial charge in [-0.2, -0.15) is 0 Å². The van der Waals surface area contributed by atoms with Crippen LogP contribution in [0.15, 0.2) is 48.5 Å². The van der Waals surface area contributed by atoms with Gasteiger partial charge < -0.3 is 14.2 Å². The molecule has 0 heterocycles. The molecule has 1 saturated carbocycles. The van der Waals surface area contributed by atoms with Crippen molar-refractivity contribution in [3.63, 3.8) is 0 Å². The van der Waals surface area contributed by atoms with Crippen molar-refractivity contribution in [2.75, 3.05) is 0 Å². The maximum absolute atomic E-state index is 13.2. The van der Waals surface area contributed by atoms with Gasteiger partial charge in [-0.05, 0) is 79.1 Å². The third-order valence-corrected chi connectivity index (χ3v) is 4.94. The highest BCUT2D eigenvalue weighted by atomic mass is 19.1. The molecule has 1 aliphatic carbocycles. The molecule has 1 aliphatic rings. The van der Waals surface area contributed by atoms with Gasteiger partial charge in [0.15, 0.2) is 0 Å². The highest BCUT2D eigenvalue weighted by Gasteiger charge is 2.36. The van der Waals surface area contributed by atoms with Gasteiger partial charge in [-0.3, -0.25) is 0 Å². The fourth-order valence-electron chi connectivity index (χ4n) is 3.96. The molecule has 0 aliphatic heterocycles. The minimum Gasteiger partial charge on any atom is -0.457 e. The summed E-state index contributed by atoms with van der Waals surface area (Å²) in [5.41, 5.74) is 0.0771. The van der Waals surface area contributed by atoms with Gasteiger partial charge in [0, 0.05) is 0 Å². The first-order valence-electron chi connectivity index (χ1n) is 9.75. The summed E-state index contributed by atoms with van der Waals surface area (Å²) >= 11 is 0. The van der Waals surface area contributed by atoms with Gasteiger partial charge in [-0.1, -0.05) is 20.8 Å². The van der Waals surface area contributed by atoms with E-state index in [-0.39, 0.29) is 23.0 Å². The number of esters is 1. The minimum absolute atomic E-state index is 0.0771. The predicted octanol–water partition coefficient (Wildman–Crippen LogP) is 5.51. The molecule has 29 heavy (non-hydrogen) atoms. The van der Waals surface area contributed by atoms with E-state index in [9.17, 15) is 13.6 Å². The monoisotopic (exact) mass is 404 g/mol. The summed E-state index contributed by atoms with van der Waals surface area (Å²) in [6, 6.07) is 10.5. The zero-order valence-corrected chi connectivity index (χ0v) is 16.9. The maximum Gasteiger partial charge on any atom is 0.389 e. The smallest absolute Gasteiger partial charge is 0.389 e. The van der Waals surface area contributed by atoms with E-state index in [2.05, 4.69) is 20.8 Å². The largest absolute Gasteiger partial charge is 0.457 e. The number of carbonyl (C=O) groups is 1. The summed E-state index contributed by atoms with van der Waals surface area (Å²) in [5, 5.41) is 0. The summed E-state index contributed by atoms with van der Waals surface area (Å²) in [7, 11) is 0. The second-order valence-electron chi connectivity index (χ2n) is 8.45. The van der Waals surface area contributed by atoms with Crippen LogP contribution >= 0.6 is 0 Å². The van der Waals surface area contributed by atoms with Crippen molar-refractivity contribution in [2.24, 2.45) is 11.3 Å². The molecule has 0 aromatic heterocycles. The third kappa shape index (κ3) is 6.17. The Morgan fingerprint density at radius 3 is 1.86 bits per heavy atom. The molecular formula is C23H26F2O4. The van der Waals surface area contributed by atoms with Crippen molar-refractivity contribution >= 4 is 5.97 Å². The number of hydrogen-bond acceptors (Lipinski definition) is 4. The second-order valence-corrected chi connectivity index (χ2v) is 8.45. The maximum atomic E-state index is 13.2. The van der Waals surface area contributed by atoms with Gasteiger partial charge in [-0.15, -0.1) is 0 Å². The molecule has 0 spiro atoms. The van der Waals surface area contributed by atoms with Crippen LogP contribution in [0.1, 0.15) is 40.0 Å². The Bertz CT molecular complexity index is 770. The fourth-order valence-corrected chi connectivity index (χ4v) is 3.96. The van der Waals surface area contributed by atoms with E-state index in [1.54, 1.807) is 0 Å². The van der Waals surface area contributed by atoms with Crippen LogP contribution in [0.3, 0.4) is 0 Å². The fraction of sp³-hybridized carbons (Fsp3) is 0.435. The van der Waals surface area contributed by atoms with Crippen molar-refractivity contribution in [3.8, 4) is 11.5 Å². The van der Waals surface area contributed by atoms with Crippen LogP contribution in [-0.2, 0) is 9.53 Å². The summed E-state index contributed by atoms with van der Waals surface area (Å²) in [4.78, 5) is 12.9. The van der Waals surface area contributed by atoms with Crippen molar-refractivity contribution in [1.82, 2.24) is 0 Å². The molecule has 6 heteroatoms. The Balaban J connectivity index is 1.74. The number of rotatable bonds is 6. The summed E-state index contributed by atoms with van der Waals surface area (Å²) in [5.74, 6) is -0.566. The first kappa shape index (κ1) is 21.1. The van der Waals surface area contributed by atoms with Crippen LogP contribution in [0.4, 0.5) is 8.78 Å². The highest BCUT2D eigenvalue weighted by Crippen LogP contribution is 2.39. The van der Waals surface area contributed by atoms with Crippen molar-refractivity contribution in [1.29, 1.82) is 0 Å². The molecule has 156 valence electrons. The summed E-state index contributed by atoms with van der Waals surface area (Å²) in [6.45, 7) is 6.46. The lowest BCUT2D eigenvalue weighted by atomic mass is 9.71. The Morgan fingerprint density at radius 1 is 0.931 bits per heavy atom. The average molecular weight is 404 g/mol. The standard InChI is InChI=1S/C23H26F2O4/c1-15-12-20(14-23(2,3)13-15)27-21(26)22(28-18-8-4-16(24)5-9-18)29-19-10-6-17(25)7-11-19/h4-11,15,20,22H,12-14H2,1-3H3. The first-order valence-corrected chi connectivity index (χ1v) is 9.75. The zero-order valence-electron chi connectivity index (χ0n) is 16.9. The van der Waals surface area contributed by atoms with E-state index in [1.165, 1.54) is 48.5 Å². The molecule has 0 amide bonds. The Kier molecular flexibility index (Phi) is 6.40. The lowest BCUT2D eigenvalue weighted by Crippen LogP contribution is -2.40. The Hall–Kier alpha value is -2.63. The Morgan fingerprint density at radius 2 is 1.41 bits per heavy atom. The van der Waals surface area contributed by atoms with Gasteiger partial charge in [0.05, 0.1) is 0 Å². The molecule has 4 nitrogen and oxygen atoms in total. The van der Waals surface area contributed by atoms with Crippen LogP contribution < -0.4 is 9.47 Å². The van der Waals surface area contributed by atoms with Crippen LogP contribution in [-0.4, -0.2) is 18.4 Å². The van der Waals surface area contributed by atoms with Crippen molar-refractivity contribution < 1.29 is 27.8 Å². The normalized spacial score (nSPS) is 20.9. The van der Waals surface area contributed by atoms with Crippen molar-refractivity contribution in [3.05, 3.63) is 60.2 Å². The van der Waals surface area contributed by atoms with Gasteiger partial charge >= 0.3 is 12.3 Å². The van der Waals surface area contributed by atoms with Gasteiger partial charge in [0.25, 0.3) is 0 Å². The molecule has 3 rings (SSSR count). The Labute approximate surface area is 169 Å². The highest BCUT2D eigenvalue weighted by molar-refractivity contribution is 5.74. The topological polar surface area (TPSA) is 44.8 Å². The van der Waals surface area contributed by atoms with E-state index in [0.717, 1.165) is 19.3 Å². The molecule has 1 fully saturated rings. The van der Waals surface area contributed by atoms with Gasteiger partial charge in [-0.25, -0.2) is 13.6 Å². The number of carbonyl (C=O) groups excluding carboxylic acids is 1. The molecule has 0 N–H and O–H groups in total. The first-order chi connectivity index (χ1) is 13.7. The van der Waals surface area contributed by atoms with Crippen LogP contribution in [0.25, 0.3) is 0 Å². The predicted molar refractivity (Wildman–Crippen MR) is 105 cm³/mol. The summed E-state index contributed by atoms with van der Waals surface area (Å²) in [6.07, 6.45) is 0.962. The lowest BCUT2D eigenvalue weighted by molar-refractivity contribution is -0.175. The molecule has 2 unspecified atom stereocenters. The quantitative estimate of drug-likeness (QED) is 0.471. The summed E-state index contributed by atoms with van der Waals surface area (Å²) < 4.78 is 43.3. The van der Waals surface area contributed by atoms with Gasteiger partial charge in [0.1, 0.15) is 29.2 Å². The lowest BCUT2D eigenvalue weighted by Gasteiger charge is -2.38. The van der Waals surface area contributed by atoms with E-state index in [1.807, 2.05) is 0 Å². The number of hydrogen-bond donors (Lipinski definition) is 0. The number of ether oxygens (including phenoxy) is 3. The SMILES string of the molecule is CC1CC(OC(=O)C(Oc2ccc(F)cc2)Oc2ccc(F)cc2)CC(C)(C)C1. The molecule has 0 radical (unpaired) electrons. The number of halogens is 2. The molecule has 0 bridgehead atoms. The number of benzene rings is 2. The van der Waals surface area contributed by atoms with Gasteiger partial charge in [0.2, 0.25) is 0 Å². The van der Waals surface area contributed by atoms with Crippen molar-refractivity contribution in [2.45, 2.75) is 52.4 Å². The van der Waals surface area contributed by atoms with E-state index >= 15 is 0 Å². The molecule has 2 atom stereocenters. The minimum atomic E-state index is -1.40. The van der Waals surface area contributed by atoms with Crippen LogP contribution in [0, 0.1) is 23.0 Å². The molecule has 0 saturated heterocycles. The molecule has 2 aromatic carbocycles. The van der Waals surface area contributed by atoms with E-state index in [0.29, 0.717) is 5.92 Å². The third-order valence-electron chi connectivity index (χ3n) is 4.94. The average Bonchev–Trinajstić information content (AvgIpc) is 2.63.